The number of fused-ring (bicyclic) bond motifs is 1. The molecule has 0 aliphatic heterocycles. The van der Waals surface area contributed by atoms with Crippen molar-refractivity contribution in [2.45, 2.75) is 11.8 Å². The van der Waals surface area contributed by atoms with E-state index in [-0.39, 0.29) is 10.5 Å². The maximum absolute atomic E-state index is 12.6. The Balaban J connectivity index is 2.18. The van der Waals surface area contributed by atoms with Gasteiger partial charge in [0.1, 0.15) is 23.9 Å². The largest absolute Gasteiger partial charge is 0.497 e. The van der Waals surface area contributed by atoms with Crippen LogP contribution in [0.2, 0.25) is 0 Å². The van der Waals surface area contributed by atoms with Gasteiger partial charge in [0.25, 0.3) is 10.0 Å². The number of imidazole rings is 1. The molecule has 0 atom stereocenters. The third-order valence-corrected chi connectivity index (χ3v) is 4.76. The second-order valence-electron chi connectivity index (χ2n) is 4.35. The second kappa shape index (κ2) is 4.81. The third-order valence-electron chi connectivity index (χ3n) is 3.10. The number of hydrogen-bond donors (Lipinski definition) is 0. The van der Waals surface area contributed by atoms with Crippen LogP contribution in [0.1, 0.15) is 5.69 Å². The van der Waals surface area contributed by atoms with E-state index in [2.05, 4.69) is 15.0 Å². The summed E-state index contributed by atoms with van der Waals surface area (Å²) in [7, 11) is -2.24. The van der Waals surface area contributed by atoms with Crippen LogP contribution in [0.25, 0.3) is 11.2 Å². The maximum atomic E-state index is 12.6. The Morgan fingerprint density at radius 3 is 2.48 bits per heavy atom. The molecule has 21 heavy (non-hydrogen) atoms. The minimum atomic E-state index is -3.76. The Morgan fingerprint density at radius 2 is 1.81 bits per heavy atom. The molecule has 0 bridgehead atoms. The smallest absolute Gasteiger partial charge is 0.270 e. The van der Waals surface area contributed by atoms with Crippen LogP contribution in [0.3, 0.4) is 0 Å². The monoisotopic (exact) mass is 304 g/mol. The van der Waals surface area contributed by atoms with Crippen LogP contribution >= 0.6 is 0 Å². The van der Waals surface area contributed by atoms with Gasteiger partial charge < -0.3 is 4.74 Å². The molecule has 0 spiro atoms. The summed E-state index contributed by atoms with van der Waals surface area (Å²) in [6.45, 7) is 1.75. The Labute approximate surface area is 121 Å². The van der Waals surface area contributed by atoms with Crippen LogP contribution in [0, 0.1) is 6.92 Å². The molecule has 0 unspecified atom stereocenters. The molecule has 108 valence electrons. The zero-order valence-corrected chi connectivity index (χ0v) is 12.2. The average molecular weight is 304 g/mol. The fraction of sp³-hybridized carbons (Fsp3) is 0.154. The highest BCUT2D eigenvalue weighted by Crippen LogP contribution is 2.21. The van der Waals surface area contributed by atoms with Gasteiger partial charge in [0.05, 0.1) is 17.7 Å². The van der Waals surface area contributed by atoms with Gasteiger partial charge in [-0.25, -0.2) is 27.3 Å². The van der Waals surface area contributed by atoms with Gasteiger partial charge in [-0.1, -0.05) is 0 Å². The molecule has 0 aliphatic rings. The van der Waals surface area contributed by atoms with Crippen LogP contribution in [0.4, 0.5) is 0 Å². The van der Waals surface area contributed by atoms with Gasteiger partial charge in [-0.15, -0.1) is 0 Å². The van der Waals surface area contributed by atoms with Crippen molar-refractivity contribution in [1.82, 2.24) is 18.9 Å². The molecule has 0 saturated heterocycles. The van der Waals surface area contributed by atoms with Crippen LogP contribution in [-0.4, -0.2) is 34.5 Å². The van der Waals surface area contributed by atoms with E-state index in [1.54, 1.807) is 19.1 Å². The number of methoxy groups -OCH3 is 1. The predicted molar refractivity (Wildman–Crippen MR) is 75.6 cm³/mol. The summed E-state index contributed by atoms with van der Waals surface area (Å²) in [6.07, 6.45) is 2.56. The van der Waals surface area contributed by atoms with Gasteiger partial charge in [-0.05, 0) is 31.2 Å². The fourth-order valence-electron chi connectivity index (χ4n) is 1.97. The molecule has 7 nitrogen and oxygen atoms in total. The molecule has 0 amide bonds. The molecule has 1 aromatic carbocycles. The molecule has 0 radical (unpaired) electrons. The summed E-state index contributed by atoms with van der Waals surface area (Å²) in [5, 5.41) is 0. The zero-order valence-electron chi connectivity index (χ0n) is 11.4. The molecule has 2 heterocycles. The van der Waals surface area contributed by atoms with Crippen LogP contribution in [0.15, 0.2) is 41.8 Å². The lowest BCUT2D eigenvalue weighted by atomic mass is 10.3. The van der Waals surface area contributed by atoms with E-state index in [9.17, 15) is 8.42 Å². The van der Waals surface area contributed by atoms with Gasteiger partial charge in [0.15, 0.2) is 5.65 Å². The van der Waals surface area contributed by atoms with Crippen molar-refractivity contribution in [3.63, 3.8) is 0 Å². The first-order valence-corrected chi connectivity index (χ1v) is 7.52. The molecule has 0 N–H and O–H groups in total. The molecule has 8 heteroatoms. The number of aromatic nitrogens is 4. The second-order valence-corrected chi connectivity index (χ2v) is 6.17. The van der Waals surface area contributed by atoms with Crippen LogP contribution in [-0.2, 0) is 10.0 Å². The SMILES string of the molecule is COc1ccc(S(=O)(=O)n2cnc3c(C)ncnc32)cc1. The number of benzene rings is 1. The van der Waals surface area contributed by atoms with E-state index >= 15 is 0 Å². The van der Waals surface area contributed by atoms with Gasteiger partial charge in [0, 0.05) is 0 Å². The van der Waals surface area contributed by atoms with Crippen molar-refractivity contribution < 1.29 is 13.2 Å². The first-order valence-electron chi connectivity index (χ1n) is 6.08. The van der Waals surface area contributed by atoms with Gasteiger partial charge in [-0.2, -0.15) is 0 Å². The zero-order chi connectivity index (χ0) is 15.0. The van der Waals surface area contributed by atoms with Crippen molar-refractivity contribution in [1.29, 1.82) is 0 Å². The van der Waals surface area contributed by atoms with Gasteiger partial charge >= 0.3 is 0 Å². The highest BCUT2D eigenvalue weighted by Gasteiger charge is 2.21. The van der Waals surface area contributed by atoms with E-state index in [1.165, 1.54) is 31.9 Å². The predicted octanol–water partition coefficient (Wildman–Crippen LogP) is 1.38. The number of aryl methyl sites for hydroxylation is 1. The van der Waals surface area contributed by atoms with Crippen molar-refractivity contribution in [3.05, 3.63) is 42.6 Å². The van der Waals surface area contributed by atoms with Crippen LogP contribution in [0.5, 0.6) is 5.75 Å². The summed E-state index contributed by atoms with van der Waals surface area (Å²) in [4.78, 5) is 12.2. The highest BCUT2D eigenvalue weighted by molar-refractivity contribution is 7.90. The Morgan fingerprint density at radius 1 is 1.10 bits per heavy atom. The summed E-state index contributed by atoms with van der Waals surface area (Å²) >= 11 is 0. The summed E-state index contributed by atoms with van der Waals surface area (Å²) < 4.78 is 31.4. The van der Waals surface area contributed by atoms with E-state index in [1.807, 2.05) is 0 Å². The minimum absolute atomic E-state index is 0.138. The molecule has 3 rings (SSSR count). The van der Waals surface area contributed by atoms with Crippen molar-refractivity contribution >= 4 is 21.2 Å². The first kappa shape index (κ1) is 13.5. The number of ether oxygens (including phenoxy) is 1. The molecule has 0 aliphatic carbocycles. The van der Waals surface area contributed by atoms with Crippen molar-refractivity contribution in [2.24, 2.45) is 0 Å². The standard InChI is InChI=1S/C13H12N4O3S/c1-9-12-13(15-7-14-9)17(8-16-12)21(18,19)11-5-3-10(20-2)4-6-11/h3-8H,1-2H3. The third kappa shape index (κ3) is 2.13. The minimum Gasteiger partial charge on any atom is -0.497 e. The molecule has 0 saturated carbocycles. The molecule has 2 aromatic heterocycles. The topological polar surface area (TPSA) is 87.0 Å². The summed E-state index contributed by atoms with van der Waals surface area (Å²) in [5.41, 5.74) is 1.36. The lowest BCUT2D eigenvalue weighted by Crippen LogP contribution is -2.12. The average Bonchev–Trinajstić information content (AvgIpc) is 2.93. The summed E-state index contributed by atoms with van der Waals surface area (Å²) in [5.74, 6) is 0.586. The fourth-order valence-corrected chi connectivity index (χ4v) is 3.21. The molecular formula is C13H12N4O3S. The number of nitrogens with zero attached hydrogens (tertiary/aromatic N) is 4. The first-order chi connectivity index (χ1) is 10.0. The lowest BCUT2D eigenvalue weighted by Gasteiger charge is -2.07. The van der Waals surface area contributed by atoms with Gasteiger partial charge in [-0.3, -0.25) is 0 Å². The Bertz CT molecular complexity index is 901. The van der Waals surface area contributed by atoms with E-state index in [4.69, 9.17) is 4.74 Å². The van der Waals surface area contributed by atoms with E-state index in [0.717, 1.165) is 3.97 Å². The molecule has 0 fully saturated rings. The summed E-state index contributed by atoms with van der Waals surface area (Å²) in [6, 6.07) is 6.14. The number of hydrogen-bond acceptors (Lipinski definition) is 6. The number of rotatable bonds is 3. The lowest BCUT2D eigenvalue weighted by molar-refractivity contribution is 0.414. The quantitative estimate of drug-likeness (QED) is 0.726. The van der Waals surface area contributed by atoms with E-state index < -0.39 is 10.0 Å². The Kier molecular flexibility index (Phi) is 3.09. The highest BCUT2D eigenvalue weighted by atomic mass is 32.2. The normalized spacial score (nSPS) is 11.7. The van der Waals surface area contributed by atoms with Crippen molar-refractivity contribution in [3.8, 4) is 5.75 Å². The van der Waals surface area contributed by atoms with E-state index in [0.29, 0.717) is 17.0 Å². The molecular weight excluding hydrogens is 292 g/mol. The van der Waals surface area contributed by atoms with Gasteiger partial charge in [0.2, 0.25) is 0 Å². The van der Waals surface area contributed by atoms with Crippen LogP contribution < -0.4 is 4.74 Å². The van der Waals surface area contributed by atoms with Crippen molar-refractivity contribution in [2.75, 3.05) is 7.11 Å². The maximum Gasteiger partial charge on any atom is 0.270 e. The Hall–Kier alpha value is -2.48. The molecule has 3 aromatic rings.